The summed E-state index contributed by atoms with van der Waals surface area (Å²) in [6.07, 6.45) is -0.138. The molecule has 0 saturated carbocycles. The summed E-state index contributed by atoms with van der Waals surface area (Å²) in [5, 5.41) is 11.8. The molecule has 0 aliphatic rings. The summed E-state index contributed by atoms with van der Waals surface area (Å²) < 4.78 is 27.9. The first-order valence-corrected chi connectivity index (χ1v) is 8.07. The normalized spacial score (nSPS) is 12.4. The summed E-state index contributed by atoms with van der Waals surface area (Å²) in [6, 6.07) is 6.89. The van der Waals surface area contributed by atoms with Crippen LogP contribution in [-0.2, 0) is 13.6 Å². The van der Waals surface area contributed by atoms with Gasteiger partial charge in [0, 0.05) is 0 Å². The zero-order chi connectivity index (χ0) is 15.0. The summed E-state index contributed by atoms with van der Waals surface area (Å²) in [6.45, 7) is 5.78. The van der Waals surface area contributed by atoms with Crippen LogP contribution in [0.3, 0.4) is 0 Å². The number of oxime groups is 1. The Hall–Kier alpha value is -1.36. The Morgan fingerprint density at radius 1 is 1.20 bits per heavy atom. The average molecular weight is 301 g/mol. The van der Waals surface area contributed by atoms with Gasteiger partial charge in [-0.3, -0.25) is 4.57 Å². The molecule has 1 aromatic carbocycles. The van der Waals surface area contributed by atoms with Gasteiger partial charge in [0.15, 0.2) is 6.35 Å². The SMILES string of the molecule is CCOP(=O)(COc1ccc(/C(C)=N/O)cc1)OCC. The highest BCUT2D eigenvalue weighted by Gasteiger charge is 2.24. The Balaban J connectivity index is 2.67. The molecule has 7 heteroatoms. The molecule has 0 amide bonds. The van der Waals surface area contributed by atoms with E-state index < -0.39 is 7.60 Å². The summed E-state index contributed by atoms with van der Waals surface area (Å²) in [5.41, 5.74) is 1.28. The van der Waals surface area contributed by atoms with Crippen molar-refractivity contribution in [2.45, 2.75) is 20.8 Å². The van der Waals surface area contributed by atoms with Crippen LogP contribution < -0.4 is 4.74 Å². The topological polar surface area (TPSA) is 77.4 Å². The molecule has 1 rings (SSSR count). The molecule has 0 saturated heterocycles. The first-order chi connectivity index (χ1) is 9.54. The molecule has 0 bridgehead atoms. The quantitative estimate of drug-likeness (QED) is 0.344. The van der Waals surface area contributed by atoms with E-state index in [1.165, 1.54) is 0 Å². The average Bonchev–Trinajstić information content (AvgIpc) is 2.45. The van der Waals surface area contributed by atoms with Crippen molar-refractivity contribution in [2.24, 2.45) is 5.16 Å². The van der Waals surface area contributed by atoms with E-state index >= 15 is 0 Å². The van der Waals surface area contributed by atoms with Gasteiger partial charge in [-0.2, -0.15) is 0 Å². The second kappa shape index (κ2) is 8.04. The maximum Gasteiger partial charge on any atom is 0.367 e. The molecule has 112 valence electrons. The lowest BCUT2D eigenvalue weighted by Gasteiger charge is -2.17. The van der Waals surface area contributed by atoms with Crippen LogP contribution in [0.1, 0.15) is 26.3 Å². The van der Waals surface area contributed by atoms with Gasteiger partial charge in [0.05, 0.1) is 18.9 Å². The summed E-state index contributed by atoms with van der Waals surface area (Å²) in [5.74, 6) is 0.541. The van der Waals surface area contributed by atoms with E-state index in [-0.39, 0.29) is 6.35 Å². The minimum Gasteiger partial charge on any atom is -0.481 e. The van der Waals surface area contributed by atoms with Crippen LogP contribution in [0.15, 0.2) is 29.4 Å². The largest absolute Gasteiger partial charge is 0.481 e. The minimum absolute atomic E-state index is 0.138. The van der Waals surface area contributed by atoms with Crippen molar-refractivity contribution in [1.82, 2.24) is 0 Å². The Bertz CT molecular complexity index is 476. The fourth-order valence-corrected chi connectivity index (χ4v) is 2.83. The summed E-state index contributed by atoms with van der Waals surface area (Å²) in [4.78, 5) is 0. The van der Waals surface area contributed by atoms with Gasteiger partial charge in [0.2, 0.25) is 0 Å². The van der Waals surface area contributed by atoms with E-state index in [0.29, 0.717) is 24.7 Å². The van der Waals surface area contributed by atoms with Crippen LogP contribution in [0.25, 0.3) is 0 Å². The van der Waals surface area contributed by atoms with Crippen molar-refractivity contribution in [3.63, 3.8) is 0 Å². The van der Waals surface area contributed by atoms with Crippen LogP contribution in [0.5, 0.6) is 5.75 Å². The summed E-state index contributed by atoms with van der Waals surface area (Å²) >= 11 is 0. The molecule has 0 fully saturated rings. The van der Waals surface area contributed by atoms with Gasteiger partial charge in [-0.1, -0.05) is 5.16 Å². The van der Waals surface area contributed by atoms with E-state index in [4.69, 9.17) is 19.0 Å². The molecule has 0 spiro atoms. The molecule has 0 aliphatic carbocycles. The highest BCUT2D eigenvalue weighted by molar-refractivity contribution is 7.53. The van der Waals surface area contributed by atoms with Crippen molar-refractivity contribution >= 4 is 13.3 Å². The number of hydrogen-bond acceptors (Lipinski definition) is 6. The molecular weight excluding hydrogens is 281 g/mol. The van der Waals surface area contributed by atoms with Crippen LogP contribution in [-0.4, -0.2) is 30.5 Å². The highest BCUT2D eigenvalue weighted by atomic mass is 31.2. The van der Waals surface area contributed by atoms with Crippen LogP contribution in [0.4, 0.5) is 0 Å². The molecule has 0 heterocycles. The van der Waals surface area contributed by atoms with E-state index in [1.807, 2.05) is 0 Å². The van der Waals surface area contributed by atoms with Gasteiger partial charge in [-0.05, 0) is 50.6 Å². The van der Waals surface area contributed by atoms with Gasteiger partial charge in [0.1, 0.15) is 5.75 Å². The van der Waals surface area contributed by atoms with Crippen LogP contribution in [0, 0.1) is 0 Å². The smallest absolute Gasteiger partial charge is 0.367 e. The molecule has 1 N–H and O–H groups in total. The van der Waals surface area contributed by atoms with E-state index in [0.717, 1.165) is 5.56 Å². The van der Waals surface area contributed by atoms with Crippen molar-refractivity contribution in [2.75, 3.05) is 19.6 Å². The lowest BCUT2D eigenvalue weighted by atomic mass is 10.1. The van der Waals surface area contributed by atoms with Crippen LogP contribution in [0.2, 0.25) is 0 Å². The third kappa shape index (κ3) is 4.96. The molecule has 6 nitrogen and oxygen atoms in total. The lowest BCUT2D eigenvalue weighted by molar-refractivity contribution is 0.197. The number of rotatable bonds is 8. The molecule has 0 aromatic heterocycles. The third-order valence-corrected chi connectivity index (χ3v) is 4.21. The highest BCUT2D eigenvalue weighted by Crippen LogP contribution is 2.47. The Labute approximate surface area is 118 Å². The lowest BCUT2D eigenvalue weighted by Crippen LogP contribution is -2.05. The second-order valence-corrected chi connectivity index (χ2v) is 5.93. The molecule has 0 unspecified atom stereocenters. The van der Waals surface area contributed by atoms with Gasteiger partial charge in [0.25, 0.3) is 0 Å². The molecule has 0 atom stereocenters. The predicted octanol–water partition coefficient (Wildman–Crippen LogP) is 3.49. The fourth-order valence-electron chi connectivity index (χ4n) is 1.51. The minimum atomic E-state index is -3.21. The summed E-state index contributed by atoms with van der Waals surface area (Å²) in [7, 11) is -3.21. The van der Waals surface area contributed by atoms with Crippen molar-refractivity contribution in [1.29, 1.82) is 0 Å². The van der Waals surface area contributed by atoms with Crippen molar-refractivity contribution < 1.29 is 23.6 Å². The standard InChI is InChI=1S/C13H20NO5P/c1-4-18-20(16,19-5-2)10-17-13-8-6-12(7-9-13)11(3)14-15/h6-9,15H,4-5,10H2,1-3H3/b14-11+. The number of benzene rings is 1. The zero-order valence-corrected chi connectivity index (χ0v) is 12.8. The molecule has 0 aliphatic heterocycles. The van der Waals surface area contributed by atoms with Gasteiger partial charge in [-0.25, -0.2) is 0 Å². The zero-order valence-electron chi connectivity index (χ0n) is 11.9. The van der Waals surface area contributed by atoms with E-state index in [9.17, 15) is 4.57 Å². The molecule has 0 radical (unpaired) electrons. The maximum atomic E-state index is 12.2. The predicted molar refractivity (Wildman–Crippen MR) is 76.8 cm³/mol. The Morgan fingerprint density at radius 2 is 1.75 bits per heavy atom. The second-order valence-electron chi connectivity index (χ2n) is 3.93. The van der Waals surface area contributed by atoms with Gasteiger partial charge in [-0.15, -0.1) is 0 Å². The Kier molecular flexibility index (Phi) is 6.71. The molecule has 20 heavy (non-hydrogen) atoms. The third-order valence-electron chi connectivity index (χ3n) is 2.46. The first kappa shape index (κ1) is 16.7. The number of ether oxygens (including phenoxy) is 1. The maximum absolute atomic E-state index is 12.2. The molecule has 1 aromatic rings. The van der Waals surface area contributed by atoms with Crippen molar-refractivity contribution in [3.8, 4) is 5.75 Å². The van der Waals surface area contributed by atoms with E-state index in [1.54, 1.807) is 45.0 Å². The van der Waals surface area contributed by atoms with Crippen LogP contribution >= 0.6 is 7.60 Å². The van der Waals surface area contributed by atoms with Gasteiger partial charge >= 0.3 is 7.60 Å². The molecular formula is C13H20NO5P. The first-order valence-electron chi connectivity index (χ1n) is 6.34. The van der Waals surface area contributed by atoms with Crippen molar-refractivity contribution in [3.05, 3.63) is 29.8 Å². The Morgan fingerprint density at radius 3 is 2.20 bits per heavy atom. The number of hydrogen-bond donors (Lipinski definition) is 1. The van der Waals surface area contributed by atoms with Gasteiger partial charge < -0.3 is 19.0 Å². The fraction of sp³-hybridized carbons (Fsp3) is 0.462. The number of nitrogens with zero attached hydrogens (tertiary/aromatic N) is 1. The monoisotopic (exact) mass is 301 g/mol. The van der Waals surface area contributed by atoms with E-state index in [2.05, 4.69) is 5.16 Å².